The molecule has 0 spiro atoms. The summed E-state index contributed by atoms with van der Waals surface area (Å²) in [7, 11) is 1.52. The molecule has 1 unspecified atom stereocenters. The van der Waals surface area contributed by atoms with Gasteiger partial charge >= 0.3 is 0 Å². The van der Waals surface area contributed by atoms with Gasteiger partial charge in [0.2, 0.25) is 5.91 Å². The van der Waals surface area contributed by atoms with Crippen LogP contribution in [0.25, 0.3) is 0 Å². The number of anilines is 1. The number of nitrogens with two attached hydrogens (primary N) is 1. The predicted octanol–water partition coefficient (Wildman–Crippen LogP) is 2.99. The van der Waals surface area contributed by atoms with Crippen molar-refractivity contribution in [2.24, 2.45) is 5.73 Å². The molecule has 20 heavy (non-hydrogen) atoms. The molecule has 2 aromatic rings. The molecule has 2 aromatic carbocycles. The molecule has 3 N–H and O–H groups in total. The zero-order chi connectivity index (χ0) is 14.5. The second kappa shape index (κ2) is 6.41. The van der Waals surface area contributed by atoms with Gasteiger partial charge in [-0.3, -0.25) is 4.79 Å². The minimum absolute atomic E-state index is 0.291. The average molecular weight is 291 g/mol. The van der Waals surface area contributed by atoms with Gasteiger partial charge in [-0.05, 0) is 17.7 Å². The Kier molecular flexibility index (Phi) is 4.61. The summed E-state index contributed by atoms with van der Waals surface area (Å²) in [5, 5.41) is 3.22. The number of amides is 1. The van der Waals surface area contributed by atoms with Crippen LogP contribution >= 0.6 is 11.6 Å². The summed E-state index contributed by atoms with van der Waals surface area (Å²) in [6.07, 6.45) is 0. The second-order valence-corrected chi connectivity index (χ2v) is 4.63. The highest BCUT2D eigenvalue weighted by Crippen LogP contribution is 2.27. The lowest BCUT2D eigenvalue weighted by molar-refractivity contribution is -0.117. The average Bonchev–Trinajstić information content (AvgIpc) is 2.49. The fraction of sp³-hybridized carbons (Fsp3) is 0.133. The molecule has 0 bridgehead atoms. The molecule has 0 aliphatic carbocycles. The Morgan fingerprint density at radius 2 is 1.95 bits per heavy atom. The maximum atomic E-state index is 12.1. The molecular formula is C15H15ClN2O2. The topological polar surface area (TPSA) is 64.3 Å². The lowest BCUT2D eigenvalue weighted by Crippen LogP contribution is -2.27. The number of hydrogen-bond acceptors (Lipinski definition) is 3. The first-order valence-corrected chi connectivity index (χ1v) is 6.44. The number of nitrogens with one attached hydrogen (secondary N) is 1. The fourth-order valence-corrected chi connectivity index (χ4v) is 1.96. The third kappa shape index (κ3) is 3.29. The fourth-order valence-electron chi connectivity index (χ4n) is 1.77. The molecule has 0 aliphatic heterocycles. The number of carbonyl (C=O) groups excluding carboxylic acids is 1. The van der Waals surface area contributed by atoms with E-state index in [1.54, 1.807) is 18.2 Å². The number of methoxy groups -OCH3 is 1. The number of rotatable bonds is 4. The molecule has 0 saturated heterocycles. The van der Waals surface area contributed by atoms with Crippen LogP contribution in [0.2, 0.25) is 5.02 Å². The van der Waals surface area contributed by atoms with E-state index in [-0.39, 0.29) is 5.91 Å². The molecule has 0 fully saturated rings. The van der Waals surface area contributed by atoms with Crippen molar-refractivity contribution >= 4 is 23.2 Å². The van der Waals surface area contributed by atoms with E-state index in [0.29, 0.717) is 16.5 Å². The highest BCUT2D eigenvalue weighted by atomic mass is 35.5. The van der Waals surface area contributed by atoms with Gasteiger partial charge in [0, 0.05) is 11.8 Å². The predicted molar refractivity (Wildman–Crippen MR) is 80.0 cm³/mol. The van der Waals surface area contributed by atoms with Crippen LogP contribution in [0.3, 0.4) is 0 Å². The second-order valence-electron chi connectivity index (χ2n) is 4.23. The Bertz CT molecular complexity index is 602. The SMILES string of the molecule is COc1cc(NC(=O)C(N)c2ccccc2)ccc1Cl. The zero-order valence-electron chi connectivity index (χ0n) is 11.0. The maximum Gasteiger partial charge on any atom is 0.245 e. The zero-order valence-corrected chi connectivity index (χ0v) is 11.7. The third-order valence-electron chi connectivity index (χ3n) is 2.86. The van der Waals surface area contributed by atoms with E-state index >= 15 is 0 Å². The molecule has 0 aliphatic rings. The molecule has 0 aromatic heterocycles. The number of ether oxygens (including phenoxy) is 1. The summed E-state index contributed by atoms with van der Waals surface area (Å²) in [6.45, 7) is 0. The smallest absolute Gasteiger partial charge is 0.245 e. The van der Waals surface area contributed by atoms with Crippen molar-refractivity contribution in [3.05, 3.63) is 59.1 Å². The van der Waals surface area contributed by atoms with Crippen LogP contribution in [-0.2, 0) is 4.79 Å². The lowest BCUT2D eigenvalue weighted by atomic mass is 10.1. The highest BCUT2D eigenvalue weighted by Gasteiger charge is 2.16. The van der Waals surface area contributed by atoms with Gasteiger partial charge < -0.3 is 15.8 Å². The monoisotopic (exact) mass is 290 g/mol. The summed E-state index contributed by atoms with van der Waals surface area (Å²) in [5.74, 6) is 0.207. The van der Waals surface area contributed by atoms with Crippen molar-refractivity contribution < 1.29 is 9.53 Å². The summed E-state index contributed by atoms with van der Waals surface area (Å²) in [4.78, 5) is 12.1. The first-order chi connectivity index (χ1) is 9.61. The quantitative estimate of drug-likeness (QED) is 0.910. The molecule has 104 valence electrons. The number of halogens is 1. The van der Waals surface area contributed by atoms with Crippen LogP contribution in [0.1, 0.15) is 11.6 Å². The van der Waals surface area contributed by atoms with E-state index in [1.807, 2.05) is 30.3 Å². The standard InChI is InChI=1S/C15H15ClN2O2/c1-20-13-9-11(7-8-12(13)16)18-15(19)14(17)10-5-3-2-4-6-10/h2-9,14H,17H2,1H3,(H,18,19). The maximum absolute atomic E-state index is 12.1. The van der Waals surface area contributed by atoms with E-state index in [1.165, 1.54) is 7.11 Å². The van der Waals surface area contributed by atoms with E-state index in [9.17, 15) is 4.79 Å². The van der Waals surface area contributed by atoms with E-state index in [2.05, 4.69) is 5.32 Å². The molecule has 5 heteroatoms. The molecule has 1 amide bonds. The van der Waals surface area contributed by atoms with Gasteiger partial charge in [0.1, 0.15) is 11.8 Å². The van der Waals surface area contributed by atoms with Crippen molar-refractivity contribution in [1.82, 2.24) is 0 Å². The van der Waals surface area contributed by atoms with Crippen molar-refractivity contribution in [3.63, 3.8) is 0 Å². The third-order valence-corrected chi connectivity index (χ3v) is 3.17. The van der Waals surface area contributed by atoms with Gasteiger partial charge in [-0.1, -0.05) is 41.9 Å². The van der Waals surface area contributed by atoms with Gasteiger partial charge in [-0.2, -0.15) is 0 Å². The van der Waals surface area contributed by atoms with Gasteiger partial charge in [0.05, 0.1) is 12.1 Å². The van der Waals surface area contributed by atoms with E-state index < -0.39 is 6.04 Å². The number of hydrogen-bond donors (Lipinski definition) is 2. The number of benzene rings is 2. The molecule has 0 saturated carbocycles. The highest BCUT2D eigenvalue weighted by molar-refractivity contribution is 6.32. The van der Waals surface area contributed by atoms with E-state index in [4.69, 9.17) is 22.1 Å². The van der Waals surface area contributed by atoms with Crippen LogP contribution < -0.4 is 15.8 Å². The lowest BCUT2D eigenvalue weighted by Gasteiger charge is -2.13. The van der Waals surface area contributed by atoms with Crippen LogP contribution in [0, 0.1) is 0 Å². The first-order valence-electron chi connectivity index (χ1n) is 6.06. The van der Waals surface area contributed by atoms with Gasteiger partial charge in [-0.25, -0.2) is 0 Å². The molecule has 0 radical (unpaired) electrons. The summed E-state index contributed by atoms with van der Waals surface area (Å²) >= 11 is 5.93. The largest absolute Gasteiger partial charge is 0.495 e. The van der Waals surface area contributed by atoms with Crippen LogP contribution in [0.4, 0.5) is 5.69 Å². The molecule has 0 heterocycles. The summed E-state index contributed by atoms with van der Waals surface area (Å²) in [5.41, 5.74) is 7.26. The minimum atomic E-state index is -0.724. The minimum Gasteiger partial charge on any atom is -0.495 e. The first kappa shape index (κ1) is 14.4. The van der Waals surface area contributed by atoms with Crippen LogP contribution in [-0.4, -0.2) is 13.0 Å². The van der Waals surface area contributed by atoms with Crippen molar-refractivity contribution in [2.45, 2.75) is 6.04 Å². The normalized spacial score (nSPS) is 11.8. The molecule has 4 nitrogen and oxygen atoms in total. The van der Waals surface area contributed by atoms with Gasteiger partial charge in [0.25, 0.3) is 0 Å². The summed E-state index contributed by atoms with van der Waals surface area (Å²) in [6, 6.07) is 13.5. The molecule has 1 atom stereocenters. The Morgan fingerprint density at radius 3 is 2.60 bits per heavy atom. The van der Waals surface area contributed by atoms with Crippen LogP contribution in [0.5, 0.6) is 5.75 Å². The van der Waals surface area contributed by atoms with Crippen molar-refractivity contribution in [2.75, 3.05) is 12.4 Å². The Hall–Kier alpha value is -2.04. The Labute approximate surface area is 122 Å². The molecular weight excluding hydrogens is 276 g/mol. The van der Waals surface area contributed by atoms with Crippen molar-refractivity contribution in [3.8, 4) is 5.75 Å². The van der Waals surface area contributed by atoms with Crippen molar-refractivity contribution in [1.29, 1.82) is 0 Å². The Balaban J connectivity index is 2.12. The Morgan fingerprint density at radius 1 is 1.25 bits per heavy atom. The van der Waals surface area contributed by atoms with Gasteiger partial charge in [0.15, 0.2) is 0 Å². The molecule has 2 rings (SSSR count). The number of carbonyl (C=O) groups is 1. The summed E-state index contributed by atoms with van der Waals surface area (Å²) < 4.78 is 5.10. The van der Waals surface area contributed by atoms with Gasteiger partial charge in [-0.15, -0.1) is 0 Å². The van der Waals surface area contributed by atoms with E-state index in [0.717, 1.165) is 5.56 Å². The van der Waals surface area contributed by atoms with Crippen LogP contribution in [0.15, 0.2) is 48.5 Å².